The van der Waals surface area contributed by atoms with Crippen LogP contribution in [0.25, 0.3) is 0 Å². The number of hydrogen-bond donors (Lipinski definition) is 1. The molecule has 2 rings (SSSR count). The number of rotatable bonds is 2. The zero-order valence-corrected chi connectivity index (χ0v) is 10.9. The Balaban J connectivity index is 2.13. The van der Waals surface area contributed by atoms with Gasteiger partial charge >= 0.3 is 0 Å². The predicted octanol–water partition coefficient (Wildman–Crippen LogP) is 0.691. The van der Waals surface area contributed by atoms with E-state index in [-0.39, 0.29) is 18.4 Å². The molecule has 6 heteroatoms. The number of carbonyl (C=O) groups is 2. The van der Waals surface area contributed by atoms with E-state index >= 15 is 0 Å². The maximum atomic E-state index is 11.7. The molecule has 2 heterocycles. The SMILES string of the molecule is CC1C(=O)NCC(=O)N1Cc1ccc(Br)cn1. The summed E-state index contributed by atoms with van der Waals surface area (Å²) in [5, 5.41) is 2.55. The molecule has 1 aromatic rings. The van der Waals surface area contributed by atoms with Crippen LogP contribution >= 0.6 is 15.9 Å². The van der Waals surface area contributed by atoms with E-state index in [4.69, 9.17) is 0 Å². The molecular formula is C11H12BrN3O2. The van der Waals surface area contributed by atoms with Crippen LogP contribution in [-0.4, -0.2) is 34.3 Å². The zero-order chi connectivity index (χ0) is 12.4. The minimum atomic E-state index is -0.443. The summed E-state index contributed by atoms with van der Waals surface area (Å²) < 4.78 is 0.886. The summed E-state index contributed by atoms with van der Waals surface area (Å²) in [7, 11) is 0. The first-order valence-corrected chi connectivity index (χ1v) is 6.05. The second-order valence-corrected chi connectivity index (χ2v) is 4.80. The summed E-state index contributed by atoms with van der Waals surface area (Å²) in [6.45, 7) is 2.14. The number of amides is 2. The molecule has 1 fully saturated rings. The van der Waals surface area contributed by atoms with Gasteiger partial charge in [-0.25, -0.2) is 0 Å². The quantitative estimate of drug-likeness (QED) is 0.874. The van der Waals surface area contributed by atoms with Crippen molar-refractivity contribution in [1.29, 1.82) is 0 Å². The highest BCUT2D eigenvalue weighted by molar-refractivity contribution is 9.10. The minimum absolute atomic E-state index is 0.0691. The van der Waals surface area contributed by atoms with Crippen LogP contribution in [0.3, 0.4) is 0 Å². The van der Waals surface area contributed by atoms with E-state index in [9.17, 15) is 9.59 Å². The van der Waals surface area contributed by atoms with Crippen molar-refractivity contribution in [2.45, 2.75) is 19.5 Å². The van der Waals surface area contributed by atoms with E-state index in [0.29, 0.717) is 6.54 Å². The number of hydrogen-bond acceptors (Lipinski definition) is 3. The first kappa shape index (κ1) is 12.0. The van der Waals surface area contributed by atoms with Gasteiger partial charge in [-0.15, -0.1) is 0 Å². The minimum Gasteiger partial charge on any atom is -0.345 e. The molecule has 0 aliphatic carbocycles. The standard InChI is InChI=1S/C11H12BrN3O2/c1-7-11(17)14-5-10(16)15(7)6-9-3-2-8(12)4-13-9/h2-4,7H,5-6H2,1H3,(H,14,17). The van der Waals surface area contributed by atoms with Gasteiger partial charge in [0.05, 0.1) is 18.8 Å². The van der Waals surface area contributed by atoms with Crippen LogP contribution in [0.15, 0.2) is 22.8 Å². The Bertz CT molecular complexity index is 447. The lowest BCUT2D eigenvalue weighted by Gasteiger charge is -2.32. The predicted molar refractivity (Wildman–Crippen MR) is 65.0 cm³/mol. The van der Waals surface area contributed by atoms with E-state index in [2.05, 4.69) is 26.2 Å². The Hall–Kier alpha value is -1.43. The van der Waals surface area contributed by atoms with Gasteiger partial charge in [0.15, 0.2) is 0 Å². The molecule has 0 aromatic carbocycles. The van der Waals surface area contributed by atoms with Gasteiger partial charge in [0, 0.05) is 10.7 Å². The molecule has 1 N–H and O–H groups in total. The molecule has 1 unspecified atom stereocenters. The van der Waals surface area contributed by atoms with Crippen LogP contribution in [0.4, 0.5) is 0 Å². The van der Waals surface area contributed by atoms with Crippen LogP contribution in [0, 0.1) is 0 Å². The molecule has 0 radical (unpaired) electrons. The van der Waals surface area contributed by atoms with Gasteiger partial charge in [-0.3, -0.25) is 14.6 Å². The largest absolute Gasteiger partial charge is 0.345 e. The summed E-state index contributed by atoms with van der Waals surface area (Å²) in [5.74, 6) is -0.205. The molecule has 1 aliphatic heterocycles. The lowest BCUT2D eigenvalue weighted by molar-refractivity contribution is -0.145. The number of halogens is 1. The third-order valence-electron chi connectivity index (χ3n) is 2.70. The molecule has 2 amide bonds. The number of nitrogens with one attached hydrogen (secondary N) is 1. The number of piperazine rings is 1. The van der Waals surface area contributed by atoms with Gasteiger partial charge < -0.3 is 10.2 Å². The normalized spacial score (nSPS) is 20.4. The van der Waals surface area contributed by atoms with E-state index in [1.807, 2.05) is 12.1 Å². The number of nitrogens with zero attached hydrogens (tertiary/aromatic N) is 2. The molecule has 0 saturated carbocycles. The number of carbonyl (C=O) groups excluding carboxylic acids is 2. The molecule has 1 atom stereocenters. The molecule has 1 saturated heterocycles. The van der Waals surface area contributed by atoms with E-state index in [1.54, 1.807) is 13.1 Å². The Morgan fingerprint density at radius 3 is 2.94 bits per heavy atom. The Labute approximate surface area is 107 Å². The van der Waals surface area contributed by atoms with Crippen molar-refractivity contribution in [3.05, 3.63) is 28.5 Å². The fourth-order valence-electron chi connectivity index (χ4n) is 1.67. The number of aromatic nitrogens is 1. The van der Waals surface area contributed by atoms with Gasteiger partial charge in [-0.1, -0.05) is 0 Å². The van der Waals surface area contributed by atoms with Crippen LogP contribution in [0.1, 0.15) is 12.6 Å². The first-order valence-electron chi connectivity index (χ1n) is 5.25. The third-order valence-corrected chi connectivity index (χ3v) is 3.17. The third kappa shape index (κ3) is 2.63. The summed E-state index contributed by atoms with van der Waals surface area (Å²) in [5.41, 5.74) is 0.767. The fourth-order valence-corrected chi connectivity index (χ4v) is 1.90. The highest BCUT2D eigenvalue weighted by Gasteiger charge is 2.30. The van der Waals surface area contributed by atoms with Crippen molar-refractivity contribution in [1.82, 2.24) is 15.2 Å². The van der Waals surface area contributed by atoms with Crippen molar-refractivity contribution in [2.24, 2.45) is 0 Å². The van der Waals surface area contributed by atoms with Crippen LogP contribution in [0.2, 0.25) is 0 Å². The molecule has 90 valence electrons. The van der Waals surface area contributed by atoms with Crippen LogP contribution < -0.4 is 5.32 Å². The molecule has 1 aromatic heterocycles. The van der Waals surface area contributed by atoms with Crippen LogP contribution in [0.5, 0.6) is 0 Å². The van der Waals surface area contributed by atoms with Gasteiger partial charge in [0.1, 0.15) is 6.04 Å². The molecular weight excluding hydrogens is 286 g/mol. The van der Waals surface area contributed by atoms with Crippen molar-refractivity contribution in [2.75, 3.05) is 6.54 Å². The van der Waals surface area contributed by atoms with Gasteiger partial charge in [0.2, 0.25) is 11.8 Å². The summed E-state index contributed by atoms with van der Waals surface area (Å²) in [6.07, 6.45) is 1.68. The Kier molecular flexibility index (Phi) is 3.42. The second-order valence-electron chi connectivity index (χ2n) is 3.88. The van der Waals surface area contributed by atoms with Crippen molar-refractivity contribution in [3.63, 3.8) is 0 Å². The summed E-state index contributed by atoms with van der Waals surface area (Å²) in [4.78, 5) is 28.9. The lowest BCUT2D eigenvalue weighted by Crippen LogP contribution is -2.56. The monoisotopic (exact) mass is 297 g/mol. The number of pyridine rings is 1. The van der Waals surface area contributed by atoms with Crippen LogP contribution in [-0.2, 0) is 16.1 Å². The molecule has 0 bridgehead atoms. The summed E-state index contributed by atoms with van der Waals surface area (Å²) >= 11 is 3.30. The molecule has 17 heavy (non-hydrogen) atoms. The maximum absolute atomic E-state index is 11.7. The lowest BCUT2D eigenvalue weighted by atomic mass is 10.2. The Morgan fingerprint density at radius 1 is 1.53 bits per heavy atom. The molecule has 1 aliphatic rings. The second kappa shape index (κ2) is 4.83. The van der Waals surface area contributed by atoms with E-state index in [1.165, 1.54) is 4.90 Å². The maximum Gasteiger partial charge on any atom is 0.242 e. The molecule has 0 spiro atoms. The average molecular weight is 298 g/mol. The first-order chi connectivity index (χ1) is 8.08. The zero-order valence-electron chi connectivity index (χ0n) is 9.31. The van der Waals surface area contributed by atoms with E-state index in [0.717, 1.165) is 10.2 Å². The molecule has 5 nitrogen and oxygen atoms in total. The smallest absolute Gasteiger partial charge is 0.242 e. The average Bonchev–Trinajstić information content (AvgIpc) is 2.32. The van der Waals surface area contributed by atoms with Crippen molar-refractivity contribution < 1.29 is 9.59 Å². The van der Waals surface area contributed by atoms with E-state index < -0.39 is 6.04 Å². The summed E-state index contributed by atoms with van der Waals surface area (Å²) in [6, 6.07) is 3.25. The van der Waals surface area contributed by atoms with Crippen molar-refractivity contribution in [3.8, 4) is 0 Å². The topological polar surface area (TPSA) is 62.3 Å². The van der Waals surface area contributed by atoms with Crippen molar-refractivity contribution >= 4 is 27.7 Å². The van der Waals surface area contributed by atoms with Gasteiger partial charge in [-0.05, 0) is 35.0 Å². The highest BCUT2D eigenvalue weighted by Crippen LogP contribution is 2.12. The van der Waals surface area contributed by atoms with Gasteiger partial charge in [0.25, 0.3) is 0 Å². The fraction of sp³-hybridized carbons (Fsp3) is 0.364. The van der Waals surface area contributed by atoms with Gasteiger partial charge in [-0.2, -0.15) is 0 Å². The Morgan fingerprint density at radius 2 is 2.29 bits per heavy atom. The highest BCUT2D eigenvalue weighted by atomic mass is 79.9.